The molecule has 0 saturated carbocycles. The van der Waals surface area contributed by atoms with Crippen LogP contribution >= 0.6 is 0 Å². The summed E-state index contributed by atoms with van der Waals surface area (Å²) >= 11 is 0. The molecule has 1 amide bonds. The third-order valence-electron chi connectivity index (χ3n) is 3.59. The number of nitriles is 2. The highest BCUT2D eigenvalue weighted by Gasteiger charge is 2.18. The van der Waals surface area contributed by atoms with E-state index < -0.39 is 12.0 Å². The van der Waals surface area contributed by atoms with Crippen LogP contribution in [0.3, 0.4) is 0 Å². The second kappa shape index (κ2) is 6.73. The van der Waals surface area contributed by atoms with Gasteiger partial charge in [-0.25, -0.2) is 4.98 Å². The number of carbonyl (C=O) groups is 1. The lowest BCUT2D eigenvalue weighted by Crippen LogP contribution is -2.30. The van der Waals surface area contributed by atoms with Crippen molar-refractivity contribution in [2.24, 2.45) is 0 Å². The minimum atomic E-state index is -0.799. The normalized spacial score (nSPS) is 11.3. The van der Waals surface area contributed by atoms with Crippen LogP contribution in [-0.4, -0.2) is 22.0 Å². The molecular weight excluding hydrogens is 318 g/mol. The summed E-state index contributed by atoms with van der Waals surface area (Å²) in [5.41, 5.74) is -0.0687. The molecule has 0 fully saturated rings. The molecule has 0 aliphatic carbocycles. The Bertz CT molecular complexity index is 989. The molecule has 0 aliphatic heterocycles. The van der Waals surface area contributed by atoms with Gasteiger partial charge < -0.3 is 9.72 Å². The molecule has 3 rings (SSSR count). The Hall–Kier alpha value is -3.84. The first-order chi connectivity index (χ1) is 12.1. The number of hydrogen-bond donors (Lipinski definition) is 2. The maximum Gasteiger partial charge on any atom is 0.267 e. The van der Waals surface area contributed by atoms with E-state index in [1.54, 1.807) is 25.1 Å². The first kappa shape index (κ1) is 16.0. The SMILES string of the molecule is C[C@@H](Oc1cccc2ccccc12)C(=O)Nc1nc(C#N)c(C#N)[nH]1. The number of amides is 1. The number of carbonyl (C=O) groups excluding carboxylic acids is 1. The number of nitrogens with one attached hydrogen (secondary N) is 2. The fraction of sp³-hybridized carbons (Fsp3) is 0.111. The molecule has 2 N–H and O–H groups in total. The number of ether oxygens (including phenoxy) is 1. The van der Waals surface area contributed by atoms with Crippen LogP contribution in [0.2, 0.25) is 0 Å². The predicted molar refractivity (Wildman–Crippen MR) is 90.7 cm³/mol. The van der Waals surface area contributed by atoms with Crippen molar-refractivity contribution in [3.8, 4) is 17.9 Å². The third kappa shape index (κ3) is 3.26. The fourth-order valence-electron chi connectivity index (χ4n) is 2.36. The molecule has 0 radical (unpaired) electrons. The van der Waals surface area contributed by atoms with Gasteiger partial charge in [-0.05, 0) is 18.4 Å². The number of H-pyrrole nitrogens is 1. The minimum absolute atomic E-state index is 0.000393. The number of aromatic amines is 1. The molecule has 0 spiro atoms. The summed E-state index contributed by atoms with van der Waals surface area (Å²) in [6.07, 6.45) is -0.799. The number of benzene rings is 2. The highest BCUT2D eigenvalue weighted by molar-refractivity contribution is 5.93. The van der Waals surface area contributed by atoms with E-state index in [0.29, 0.717) is 5.75 Å². The smallest absolute Gasteiger partial charge is 0.267 e. The molecule has 1 heterocycles. The first-order valence-corrected chi connectivity index (χ1v) is 7.48. The average Bonchev–Trinajstić information content (AvgIpc) is 3.04. The highest BCUT2D eigenvalue weighted by Crippen LogP contribution is 2.26. The van der Waals surface area contributed by atoms with E-state index in [9.17, 15) is 4.79 Å². The lowest BCUT2D eigenvalue weighted by Gasteiger charge is -2.15. The van der Waals surface area contributed by atoms with Gasteiger partial charge in [0.05, 0.1) is 0 Å². The van der Waals surface area contributed by atoms with E-state index in [1.807, 2.05) is 36.4 Å². The lowest BCUT2D eigenvalue weighted by molar-refractivity contribution is -0.122. The number of nitrogens with zero attached hydrogens (tertiary/aromatic N) is 3. The molecule has 0 saturated heterocycles. The van der Waals surface area contributed by atoms with Crippen LogP contribution in [0.25, 0.3) is 10.8 Å². The van der Waals surface area contributed by atoms with E-state index in [2.05, 4.69) is 15.3 Å². The van der Waals surface area contributed by atoms with Crippen molar-refractivity contribution < 1.29 is 9.53 Å². The topological polar surface area (TPSA) is 115 Å². The first-order valence-electron chi connectivity index (χ1n) is 7.48. The Morgan fingerprint density at radius 1 is 1.20 bits per heavy atom. The average molecular weight is 331 g/mol. The van der Waals surface area contributed by atoms with Crippen LogP contribution in [0.15, 0.2) is 42.5 Å². The number of fused-ring (bicyclic) bond motifs is 1. The van der Waals surface area contributed by atoms with Crippen LogP contribution in [-0.2, 0) is 4.79 Å². The second-order valence-electron chi connectivity index (χ2n) is 5.26. The van der Waals surface area contributed by atoms with E-state index in [0.717, 1.165) is 10.8 Å². The van der Waals surface area contributed by atoms with Gasteiger partial charge in [-0.1, -0.05) is 36.4 Å². The van der Waals surface area contributed by atoms with Crippen molar-refractivity contribution in [1.82, 2.24) is 9.97 Å². The van der Waals surface area contributed by atoms with Gasteiger partial charge in [-0.3, -0.25) is 10.1 Å². The van der Waals surface area contributed by atoms with Gasteiger partial charge >= 0.3 is 0 Å². The van der Waals surface area contributed by atoms with Crippen molar-refractivity contribution in [3.63, 3.8) is 0 Å². The lowest BCUT2D eigenvalue weighted by atomic mass is 10.1. The van der Waals surface area contributed by atoms with Crippen molar-refractivity contribution >= 4 is 22.6 Å². The summed E-state index contributed by atoms with van der Waals surface area (Å²) in [6.45, 7) is 1.61. The number of rotatable bonds is 4. The van der Waals surface area contributed by atoms with Crippen LogP contribution in [0.5, 0.6) is 5.75 Å². The van der Waals surface area contributed by atoms with Crippen LogP contribution in [0.4, 0.5) is 5.95 Å². The monoisotopic (exact) mass is 331 g/mol. The van der Waals surface area contributed by atoms with Gasteiger partial charge in [-0.15, -0.1) is 0 Å². The molecule has 25 heavy (non-hydrogen) atoms. The fourth-order valence-corrected chi connectivity index (χ4v) is 2.36. The molecule has 0 bridgehead atoms. The molecular formula is C18H13N5O2. The predicted octanol–water partition coefficient (Wildman–Crippen LogP) is 2.71. The van der Waals surface area contributed by atoms with Gasteiger partial charge in [-0.2, -0.15) is 10.5 Å². The molecule has 122 valence electrons. The number of hydrogen-bond acceptors (Lipinski definition) is 5. The van der Waals surface area contributed by atoms with Crippen molar-refractivity contribution in [2.75, 3.05) is 5.32 Å². The number of anilines is 1. The Morgan fingerprint density at radius 2 is 1.96 bits per heavy atom. The zero-order chi connectivity index (χ0) is 17.8. The maximum atomic E-state index is 12.3. The number of imidazole rings is 1. The van der Waals surface area contributed by atoms with Crippen molar-refractivity contribution in [2.45, 2.75) is 13.0 Å². The number of aromatic nitrogens is 2. The molecule has 2 aromatic carbocycles. The Morgan fingerprint density at radius 3 is 2.68 bits per heavy atom. The van der Waals surface area contributed by atoms with E-state index in [-0.39, 0.29) is 17.3 Å². The Balaban J connectivity index is 1.76. The summed E-state index contributed by atoms with van der Waals surface area (Å²) in [4.78, 5) is 18.7. The molecule has 0 aliphatic rings. The summed E-state index contributed by atoms with van der Waals surface area (Å²) in [7, 11) is 0. The maximum absolute atomic E-state index is 12.3. The summed E-state index contributed by atoms with van der Waals surface area (Å²) in [6, 6.07) is 16.9. The largest absolute Gasteiger partial charge is 0.480 e. The summed E-state index contributed by atoms with van der Waals surface area (Å²) in [5, 5.41) is 22.2. The van der Waals surface area contributed by atoms with Crippen molar-refractivity contribution in [3.05, 3.63) is 53.9 Å². The van der Waals surface area contributed by atoms with Crippen LogP contribution < -0.4 is 10.1 Å². The minimum Gasteiger partial charge on any atom is -0.480 e. The zero-order valence-electron chi connectivity index (χ0n) is 13.3. The zero-order valence-corrected chi connectivity index (χ0v) is 13.3. The van der Waals surface area contributed by atoms with Crippen LogP contribution in [0, 0.1) is 22.7 Å². The van der Waals surface area contributed by atoms with Gasteiger partial charge in [0.15, 0.2) is 17.5 Å². The standard InChI is InChI=1S/C18H13N5O2/c1-11(17(24)23-18-21-14(9-19)15(10-20)22-18)25-16-8-4-6-12-5-2-3-7-13(12)16/h2-8,11H,1H3,(H2,21,22,23,24)/t11-/m1/s1. The Kier molecular flexibility index (Phi) is 4.32. The molecule has 1 atom stereocenters. The van der Waals surface area contributed by atoms with E-state index >= 15 is 0 Å². The van der Waals surface area contributed by atoms with Crippen LogP contribution in [0.1, 0.15) is 18.3 Å². The van der Waals surface area contributed by atoms with Gasteiger partial charge in [0.2, 0.25) is 5.95 Å². The third-order valence-corrected chi connectivity index (χ3v) is 3.59. The van der Waals surface area contributed by atoms with E-state index in [4.69, 9.17) is 15.3 Å². The molecule has 3 aromatic rings. The highest BCUT2D eigenvalue weighted by atomic mass is 16.5. The molecule has 0 unspecified atom stereocenters. The van der Waals surface area contributed by atoms with Gasteiger partial charge in [0.1, 0.15) is 17.9 Å². The van der Waals surface area contributed by atoms with Crippen molar-refractivity contribution in [1.29, 1.82) is 10.5 Å². The molecule has 1 aromatic heterocycles. The van der Waals surface area contributed by atoms with Gasteiger partial charge in [0, 0.05) is 5.39 Å². The van der Waals surface area contributed by atoms with Gasteiger partial charge in [0.25, 0.3) is 5.91 Å². The summed E-state index contributed by atoms with van der Waals surface area (Å²) < 4.78 is 5.77. The Labute approximate surface area is 143 Å². The summed E-state index contributed by atoms with van der Waals surface area (Å²) in [5.74, 6) is 0.178. The molecule has 7 nitrogen and oxygen atoms in total. The second-order valence-corrected chi connectivity index (χ2v) is 5.26. The van der Waals surface area contributed by atoms with E-state index in [1.165, 1.54) is 0 Å². The molecule has 7 heteroatoms. The quantitative estimate of drug-likeness (QED) is 0.763.